The largest absolute Gasteiger partial charge is 0.480 e. The summed E-state index contributed by atoms with van der Waals surface area (Å²) in [5.74, 6) is -1.51. The van der Waals surface area contributed by atoms with Gasteiger partial charge in [0.15, 0.2) is 0 Å². The number of carboxylic acid groups (broad SMARTS) is 1. The molecule has 1 aliphatic heterocycles. The third-order valence-electron chi connectivity index (χ3n) is 6.62. The first-order valence-electron chi connectivity index (χ1n) is 12.1. The molecule has 2 aromatic rings. The van der Waals surface area contributed by atoms with Crippen molar-refractivity contribution >= 4 is 34.7 Å². The molecule has 204 valence electrons. The zero-order valence-electron chi connectivity index (χ0n) is 20.4. The summed E-state index contributed by atoms with van der Waals surface area (Å²) in [7, 11) is 0. The highest BCUT2D eigenvalue weighted by Crippen LogP contribution is 2.42. The van der Waals surface area contributed by atoms with E-state index in [1.165, 1.54) is 24.3 Å². The van der Waals surface area contributed by atoms with Crippen molar-refractivity contribution in [1.29, 1.82) is 0 Å². The van der Waals surface area contributed by atoms with Crippen molar-refractivity contribution in [3.05, 3.63) is 58.3 Å². The maximum absolute atomic E-state index is 14.4. The van der Waals surface area contributed by atoms with Crippen LogP contribution in [-0.4, -0.2) is 46.5 Å². The molecule has 0 spiro atoms. The van der Waals surface area contributed by atoms with E-state index in [0.29, 0.717) is 67.2 Å². The van der Waals surface area contributed by atoms with Gasteiger partial charge in [-0.15, -0.1) is 0 Å². The number of ether oxygens (including phenoxy) is 2. The SMILES string of the molecule is Nc1nc(O[C@H](c2ccc(Cl)cc2C2=CCOCC2)C(F)(F)F)cc(C2=CCC(C[C@H](N)C(=O)O)CC2)n1. The van der Waals surface area contributed by atoms with Gasteiger partial charge in [0.2, 0.25) is 17.9 Å². The molecule has 1 aliphatic carbocycles. The van der Waals surface area contributed by atoms with Gasteiger partial charge in [-0.25, -0.2) is 4.98 Å². The number of allylic oxidation sites excluding steroid dienone is 2. The second-order valence-electron chi connectivity index (χ2n) is 9.33. The van der Waals surface area contributed by atoms with Crippen LogP contribution in [0.5, 0.6) is 5.88 Å². The number of hydrogen-bond donors (Lipinski definition) is 3. The molecule has 1 unspecified atom stereocenters. The van der Waals surface area contributed by atoms with Crippen LogP contribution in [0.2, 0.25) is 5.02 Å². The molecule has 2 aliphatic rings. The molecule has 1 aromatic carbocycles. The Kier molecular flexibility index (Phi) is 8.59. The first-order chi connectivity index (χ1) is 18.0. The molecular weight excluding hydrogens is 525 g/mol. The molecule has 0 radical (unpaired) electrons. The van der Waals surface area contributed by atoms with E-state index in [9.17, 15) is 18.0 Å². The predicted octanol–water partition coefficient (Wildman–Crippen LogP) is 5.18. The number of nitrogens with two attached hydrogens (primary N) is 2. The maximum Gasteiger partial charge on any atom is 0.429 e. The van der Waals surface area contributed by atoms with E-state index < -0.39 is 24.3 Å². The number of anilines is 1. The molecular formula is C26H28ClF3N4O4. The molecule has 5 N–H and O–H groups in total. The summed E-state index contributed by atoms with van der Waals surface area (Å²) in [6.45, 7) is 0.683. The molecule has 3 atom stereocenters. The third-order valence-corrected chi connectivity index (χ3v) is 6.85. The average molecular weight is 553 g/mol. The Balaban J connectivity index is 1.62. The number of carbonyl (C=O) groups is 1. The quantitative estimate of drug-likeness (QED) is 0.408. The highest BCUT2D eigenvalue weighted by atomic mass is 35.5. The van der Waals surface area contributed by atoms with E-state index in [1.807, 2.05) is 6.08 Å². The van der Waals surface area contributed by atoms with Crippen molar-refractivity contribution in [2.75, 3.05) is 18.9 Å². The second kappa shape index (κ2) is 11.7. The summed E-state index contributed by atoms with van der Waals surface area (Å²) in [4.78, 5) is 19.2. The Morgan fingerprint density at radius 1 is 1.21 bits per heavy atom. The first kappa shape index (κ1) is 27.9. The van der Waals surface area contributed by atoms with E-state index in [4.69, 9.17) is 37.6 Å². The minimum absolute atomic E-state index is 0.0807. The van der Waals surface area contributed by atoms with Gasteiger partial charge in [0.1, 0.15) is 6.04 Å². The maximum atomic E-state index is 14.4. The van der Waals surface area contributed by atoms with Gasteiger partial charge in [0.25, 0.3) is 0 Å². The molecule has 2 heterocycles. The van der Waals surface area contributed by atoms with Crippen molar-refractivity contribution < 1.29 is 32.5 Å². The summed E-state index contributed by atoms with van der Waals surface area (Å²) < 4.78 is 53.9. The lowest BCUT2D eigenvalue weighted by molar-refractivity contribution is -0.198. The van der Waals surface area contributed by atoms with Crippen molar-refractivity contribution in [2.24, 2.45) is 11.7 Å². The summed E-state index contributed by atoms with van der Waals surface area (Å²) in [6, 6.07) is 4.59. The minimum Gasteiger partial charge on any atom is -0.480 e. The minimum atomic E-state index is -4.77. The van der Waals surface area contributed by atoms with Gasteiger partial charge in [0, 0.05) is 16.7 Å². The summed E-state index contributed by atoms with van der Waals surface area (Å²) in [5, 5.41) is 9.34. The zero-order chi connectivity index (χ0) is 27.4. The van der Waals surface area contributed by atoms with Gasteiger partial charge in [-0.3, -0.25) is 4.79 Å². The Morgan fingerprint density at radius 2 is 2.00 bits per heavy atom. The molecule has 1 aromatic heterocycles. The van der Waals surface area contributed by atoms with Gasteiger partial charge in [-0.2, -0.15) is 18.2 Å². The molecule has 0 fully saturated rings. The third kappa shape index (κ3) is 6.83. The Labute approximate surface area is 222 Å². The smallest absolute Gasteiger partial charge is 0.429 e. The van der Waals surface area contributed by atoms with E-state index in [0.717, 1.165) is 5.57 Å². The highest BCUT2D eigenvalue weighted by Gasteiger charge is 2.45. The first-order valence-corrected chi connectivity index (χ1v) is 12.5. The topological polar surface area (TPSA) is 134 Å². The van der Waals surface area contributed by atoms with E-state index >= 15 is 0 Å². The monoisotopic (exact) mass is 552 g/mol. The summed E-state index contributed by atoms with van der Waals surface area (Å²) in [6.07, 6.45) is -0.957. The van der Waals surface area contributed by atoms with Crippen molar-refractivity contribution in [3.8, 4) is 5.88 Å². The molecule has 0 bridgehead atoms. The average Bonchev–Trinajstić information content (AvgIpc) is 2.87. The van der Waals surface area contributed by atoms with Crippen LogP contribution in [0.1, 0.15) is 55.0 Å². The normalized spacial score (nSPS) is 19.8. The molecule has 8 nitrogen and oxygen atoms in total. The molecule has 0 amide bonds. The number of aliphatic carboxylic acids is 1. The van der Waals surface area contributed by atoms with Crippen LogP contribution >= 0.6 is 11.6 Å². The number of rotatable bonds is 8. The Hall–Kier alpha value is -3.15. The number of alkyl halides is 3. The van der Waals surface area contributed by atoms with Gasteiger partial charge in [-0.1, -0.05) is 29.8 Å². The van der Waals surface area contributed by atoms with Gasteiger partial charge >= 0.3 is 12.1 Å². The molecule has 0 saturated heterocycles. The number of nitrogens with zero attached hydrogens (tertiary/aromatic N) is 2. The predicted molar refractivity (Wildman–Crippen MR) is 136 cm³/mol. The fourth-order valence-corrected chi connectivity index (χ4v) is 4.87. The van der Waals surface area contributed by atoms with Crippen molar-refractivity contribution in [1.82, 2.24) is 9.97 Å². The Bertz CT molecular complexity index is 1250. The number of hydrogen-bond acceptors (Lipinski definition) is 7. The van der Waals surface area contributed by atoms with E-state index in [1.54, 1.807) is 6.08 Å². The lowest BCUT2D eigenvalue weighted by Crippen LogP contribution is -2.32. The van der Waals surface area contributed by atoms with Crippen LogP contribution in [-0.2, 0) is 9.53 Å². The number of nitrogen functional groups attached to an aromatic ring is 1. The number of carboxylic acids is 1. The molecule has 12 heteroatoms. The van der Waals surface area contributed by atoms with Crippen LogP contribution < -0.4 is 16.2 Å². The van der Waals surface area contributed by atoms with Gasteiger partial charge in [-0.05, 0) is 66.9 Å². The number of benzene rings is 1. The van der Waals surface area contributed by atoms with Crippen LogP contribution in [0.25, 0.3) is 11.1 Å². The Morgan fingerprint density at radius 3 is 2.63 bits per heavy atom. The lowest BCUT2D eigenvalue weighted by Gasteiger charge is -2.26. The summed E-state index contributed by atoms with van der Waals surface area (Å²) in [5.41, 5.74) is 13.6. The highest BCUT2D eigenvalue weighted by molar-refractivity contribution is 6.30. The standard InChI is InChI=1S/C26H28ClF3N4O4/c27-17-5-6-18(19(12-17)15-7-9-37-10-8-15)23(26(28,29)30)38-22-13-21(33-25(32)34-22)16-3-1-14(2-4-16)11-20(31)24(35)36/h3,5-7,12-14,20,23H,1-2,4,8-11,31H2,(H,35,36)(H2,32,33,34)/t14?,20-,23+/m0/s1. The fourth-order valence-electron chi connectivity index (χ4n) is 4.70. The van der Waals surface area contributed by atoms with Gasteiger partial charge in [0.05, 0.1) is 18.9 Å². The van der Waals surface area contributed by atoms with E-state index in [-0.39, 0.29) is 23.3 Å². The number of halogens is 4. The van der Waals surface area contributed by atoms with Crippen LogP contribution in [0, 0.1) is 5.92 Å². The molecule has 0 saturated carbocycles. The van der Waals surface area contributed by atoms with Gasteiger partial charge < -0.3 is 26.0 Å². The van der Waals surface area contributed by atoms with Crippen LogP contribution in [0.4, 0.5) is 19.1 Å². The zero-order valence-corrected chi connectivity index (χ0v) is 21.1. The van der Waals surface area contributed by atoms with Crippen LogP contribution in [0.15, 0.2) is 36.4 Å². The van der Waals surface area contributed by atoms with Crippen molar-refractivity contribution in [2.45, 2.75) is 50.4 Å². The van der Waals surface area contributed by atoms with E-state index in [2.05, 4.69) is 9.97 Å². The lowest BCUT2D eigenvalue weighted by atomic mass is 9.84. The molecule has 38 heavy (non-hydrogen) atoms. The van der Waals surface area contributed by atoms with Crippen molar-refractivity contribution in [3.63, 3.8) is 0 Å². The molecule has 4 rings (SSSR count). The fraction of sp³-hybridized carbons (Fsp3) is 0.423. The second-order valence-corrected chi connectivity index (χ2v) is 9.76. The van der Waals surface area contributed by atoms with Crippen LogP contribution in [0.3, 0.4) is 0 Å². The number of aromatic nitrogens is 2. The summed E-state index contributed by atoms with van der Waals surface area (Å²) >= 11 is 6.14.